The predicted octanol–water partition coefficient (Wildman–Crippen LogP) is 3.88. The van der Waals surface area contributed by atoms with Crippen LogP contribution in [0.1, 0.15) is 27.7 Å². The molecule has 0 amide bonds. The van der Waals surface area contributed by atoms with Crippen LogP contribution in [0.5, 0.6) is 0 Å². The summed E-state index contributed by atoms with van der Waals surface area (Å²) in [5, 5.41) is 6.79. The molecule has 0 aromatic rings. The molecule has 0 aromatic carbocycles. The van der Waals surface area contributed by atoms with Crippen molar-refractivity contribution in [2.75, 3.05) is 40.7 Å². The van der Waals surface area contributed by atoms with Gasteiger partial charge < -0.3 is 32.8 Å². The summed E-state index contributed by atoms with van der Waals surface area (Å²) in [5.74, 6) is -1.14. The van der Waals surface area contributed by atoms with Crippen LogP contribution in [0.4, 0.5) is 0 Å². The van der Waals surface area contributed by atoms with Crippen LogP contribution in [0.2, 0.25) is 43.8 Å². The highest BCUT2D eigenvalue weighted by molar-refractivity contribution is 6.76. The normalized spacial score (nSPS) is 34.1. The second kappa shape index (κ2) is 10.8. The van der Waals surface area contributed by atoms with Gasteiger partial charge in [-0.2, -0.15) is 5.10 Å². The third kappa shape index (κ3) is 6.94. The molecular formula is C24H48N2O7Si2. The van der Waals surface area contributed by atoms with Gasteiger partial charge in [-0.3, -0.25) is 5.01 Å². The molecule has 4 aliphatic rings. The molecule has 11 heteroatoms. The predicted molar refractivity (Wildman–Crippen MR) is 141 cm³/mol. The third-order valence-corrected chi connectivity index (χ3v) is 13.5. The number of ether oxygens (including phenoxy) is 6. The van der Waals surface area contributed by atoms with Crippen molar-refractivity contribution in [1.82, 2.24) is 5.01 Å². The van der Waals surface area contributed by atoms with Crippen LogP contribution >= 0.6 is 0 Å². The van der Waals surface area contributed by atoms with Crippen LogP contribution in [0.3, 0.4) is 0 Å². The Morgan fingerprint density at radius 3 is 2.20 bits per heavy atom. The zero-order chi connectivity index (χ0) is 26.2. The van der Waals surface area contributed by atoms with Gasteiger partial charge in [0.2, 0.25) is 0 Å². The fourth-order valence-electron chi connectivity index (χ4n) is 4.19. The molecule has 1 unspecified atom stereocenters. The molecule has 4 rings (SSSR count). The van der Waals surface area contributed by atoms with Crippen molar-refractivity contribution in [3.8, 4) is 0 Å². The molecule has 9 nitrogen and oxygen atoms in total. The summed E-state index contributed by atoms with van der Waals surface area (Å²) < 4.78 is 43.2. The van der Waals surface area contributed by atoms with Gasteiger partial charge in [0.15, 0.2) is 8.32 Å². The average molecular weight is 533 g/mol. The third-order valence-electron chi connectivity index (χ3n) is 7.34. The zero-order valence-corrected chi connectivity index (χ0v) is 25.7. The van der Waals surface area contributed by atoms with Crippen LogP contribution in [-0.2, 0) is 32.8 Å². The van der Waals surface area contributed by atoms with Gasteiger partial charge in [0.25, 0.3) is 5.97 Å². The van der Waals surface area contributed by atoms with E-state index in [9.17, 15) is 0 Å². The van der Waals surface area contributed by atoms with Crippen molar-refractivity contribution >= 4 is 22.1 Å². The maximum absolute atomic E-state index is 6.91. The summed E-state index contributed by atoms with van der Waals surface area (Å²) in [6, 6.07) is 1.09. The smallest absolute Gasteiger partial charge is 0.281 e. The van der Waals surface area contributed by atoms with Crippen molar-refractivity contribution in [2.24, 2.45) is 5.10 Å². The lowest BCUT2D eigenvalue weighted by Gasteiger charge is -2.61. The number of rotatable bonds is 12. The van der Waals surface area contributed by atoms with Gasteiger partial charge in [0.05, 0.1) is 13.2 Å². The summed E-state index contributed by atoms with van der Waals surface area (Å²) >= 11 is 0. The molecule has 0 spiro atoms. The number of methoxy groups -OCH3 is 1. The van der Waals surface area contributed by atoms with Crippen LogP contribution in [0.25, 0.3) is 0 Å². The van der Waals surface area contributed by atoms with Gasteiger partial charge in [-0.25, -0.2) is 0 Å². The molecule has 1 saturated carbocycles. The van der Waals surface area contributed by atoms with E-state index in [-0.39, 0.29) is 30.1 Å². The Bertz CT molecular complexity index is 755. The Labute approximate surface area is 213 Å². The van der Waals surface area contributed by atoms with E-state index in [1.807, 2.05) is 19.0 Å². The van der Waals surface area contributed by atoms with E-state index in [1.54, 1.807) is 7.11 Å². The lowest BCUT2D eigenvalue weighted by atomic mass is 9.82. The van der Waals surface area contributed by atoms with Crippen LogP contribution < -0.4 is 0 Å². The van der Waals surface area contributed by atoms with Crippen LogP contribution in [0, 0.1) is 0 Å². The fraction of sp³-hybridized carbons (Fsp3) is 0.958. The van der Waals surface area contributed by atoms with Crippen molar-refractivity contribution in [3.63, 3.8) is 0 Å². The molecule has 6 atom stereocenters. The van der Waals surface area contributed by atoms with Gasteiger partial charge in [-0.15, -0.1) is 0 Å². The zero-order valence-electron chi connectivity index (χ0n) is 23.7. The van der Waals surface area contributed by atoms with E-state index in [0.717, 1.165) is 11.8 Å². The quantitative estimate of drug-likeness (QED) is 0.162. The molecule has 4 fully saturated rings. The molecule has 204 valence electrons. The van der Waals surface area contributed by atoms with Gasteiger partial charge in [0, 0.05) is 35.8 Å². The number of hydrogen-bond donors (Lipinski definition) is 0. The maximum Gasteiger partial charge on any atom is 0.281 e. The molecule has 0 aromatic heterocycles. The number of likely N-dealkylation sites (N-methyl/N-ethyl adjacent to an activating group) is 1. The minimum atomic E-state index is -2.15. The van der Waals surface area contributed by atoms with Crippen LogP contribution in [-0.4, -0.2) is 104 Å². The second-order valence-electron chi connectivity index (χ2n) is 12.7. The van der Waals surface area contributed by atoms with Crippen molar-refractivity contribution in [2.45, 2.75) is 108 Å². The highest BCUT2D eigenvalue weighted by Crippen LogP contribution is 2.48. The molecule has 3 heterocycles. The fourth-order valence-corrected chi connectivity index (χ4v) is 6.24. The average Bonchev–Trinajstić information content (AvgIpc) is 2.70. The number of nitrogens with zero attached hydrogens (tertiary/aromatic N) is 2. The van der Waals surface area contributed by atoms with E-state index in [1.165, 1.54) is 0 Å². The SMILES string of the molecule is COCCN(C)/N=C1\[C@H]2OC3(C)O[C@H]([C@@H]2OCOCC[Si](C)(C)C)[C@H](O[Si](C)(C)C(C)(C)C)[C@H]1O3. The summed E-state index contributed by atoms with van der Waals surface area (Å²) in [5.41, 5.74) is 0.774. The topological polar surface area (TPSA) is 80.2 Å². The minimum absolute atomic E-state index is 0.0327. The van der Waals surface area contributed by atoms with E-state index < -0.39 is 34.6 Å². The molecule has 0 N–H and O–H groups in total. The molecule has 35 heavy (non-hydrogen) atoms. The first-order chi connectivity index (χ1) is 16.1. The summed E-state index contributed by atoms with van der Waals surface area (Å²) in [6.07, 6.45) is -1.85. The number of hydrogen-bond acceptors (Lipinski definition) is 9. The van der Waals surface area contributed by atoms with Crippen molar-refractivity contribution in [1.29, 1.82) is 0 Å². The highest BCUT2D eigenvalue weighted by Gasteiger charge is 2.67. The van der Waals surface area contributed by atoms with Gasteiger partial charge in [-0.1, -0.05) is 40.4 Å². The van der Waals surface area contributed by atoms with Crippen LogP contribution in [0.15, 0.2) is 5.10 Å². The molecule has 0 radical (unpaired) electrons. The molecule has 3 saturated heterocycles. The standard InChI is InChI=1S/C24H48N2O7Si2/c1-23(2,3)35(10,11)33-22-19-17(25-26(5)12-13-27-6)18-20(21(22)32-24(4,30-18)31-19)29-16-28-14-15-34(7,8)9/h18-22H,12-16H2,1-11H3/b25-17+/t18-,19+,20-,21-,22-,24?/m1/s1. The monoisotopic (exact) mass is 532 g/mol. The Morgan fingerprint density at radius 2 is 1.63 bits per heavy atom. The second-order valence-corrected chi connectivity index (χ2v) is 23.1. The highest BCUT2D eigenvalue weighted by atomic mass is 28.4. The molecule has 4 bridgehead atoms. The van der Waals surface area contributed by atoms with E-state index in [4.69, 9.17) is 37.9 Å². The van der Waals surface area contributed by atoms with E-state index in [2.05, 4.69) is 53.5 Å². The van der Waals surface area contributed by atoms with Gasteiger partial charge in [0.1, 0.15) is 43.0 Å². The Morgan fingerprint density at radius 1 is 1.00 bits per heavy atom. The van der Waals surface area contributed by atoms with Gasteiger partial charge in [-0.05, 0) is 24.2 Å². The summed E-state index contributed by atoms with van der Waals surface area (Å²) in [4.78, 5) is 0. The first-order valence-corrected chi connectivity index (χ1v) is 19.4. The minimum Gasteiger partial charge on any atom is -0.408 e. The first kappa shape index (κ1) is 29.2. The van der Waals surface area contributed by atoms with Crippen molar-refractivity contribution < 1.29 is 32.8 Å². The van der Waals surface area contributed by atoms with Gasteiger partial charge >= 0.3 is 0 Å². The van der Waals surface area contributed by atoms with E-state index >= 15 is 0 Å². The lowest BCUT2D eigenvalue weighted by Crippen LogP contribution is -2.78. The molecule has 1 aliphatic carbocycles. The Balaban J connectivity index is 1.85. The Kier molecular flexibility index (Phi) is 8.99. The molecule has 3 aliphatic heterocycles. The summed E-state index contributed by atoms with van der Waals surface area (Å²) in [6.45, 7) is 22.1. The maximum atomic E-state index is 6.91. The lowest BCUT2D eigenvalue weighted by molar-refractivity contribution is -0.491. The van der Waals surface area contributed by atoms with Crippen molar-refractivity contribution in [3.05, 3.63) is 0 Å². The molecular weight excluding hydrogens is 484 g/mol. The first-order valence-electron chi connectivity index (χ1n) is 12.8. The Hall–Kier alpha value is -0.376. The van der Waals surface area contributed by atoms with E-state index in [0.29, 0.717) is 19.8 Å². The largest absolute Gasteiger partial charge is 0.408 e. The number of hydrazone groups is 1. The summed E-state index contributed by atoms with van der Waals surface area (Å²) in [7, 11) is 0.287.